The second kappa shape index (κ2) is 6.25. The summed E-state index contributed by atoms with van der Waals surface area (Å²) in [6.07, 6.45) is 1.54. The number of ether oxygens (including phenoxy) is 2. The zero-order chi connectivity index (χ0) is 13.7. The summed E-state index contributed by atoms with van der Waals surface area (Å²) < 4.78 is 36.8. The van der Waals surface area contributed by atoms with Gasteiger partial charge in [0.2, 0.25) is 10.0 Å². The van der Waals surface area contributed by atoms with Crippen LogP contribution < -0.4 is 14.2 Å². The maximum Gasteiger partial charge on any atom is 0.211 e. The number of hydrogen-bond donors (Lipinski definition) is 1. The zero-order valence-electron chi connectivity index (χ0n) is 11.0. The number of unbranched alkanes of at least 4 members (excludes halogenated alkanes) is 1. The molecule has 0 bridgehead atoms. The minimum atomic E-state index is -3.19. The van der Waals surface area contributed by atoms with Gasteiger partial charge >= 0.3 is 0 Å². The van der Waals surface area contributed by atoms with Crippen molar-refractivity contribution in [3.63, 3.8) is 0 Å². The Morgan fingerprint density at radius 3 is 2.68 bits per heavy atom. The fraction of sp³-hybridized carbons (Fsp3) is 0.538. The molecule has 0 saturated heterocycles. The third-order valence-electron chi connectivity index (χ3n) is 2.87. The highest BCUT2D eigenvalue weighted by atomic mass is 32.2. The van der Waals surface area contributed by atoms with E-state index in [4.69, 9.17) is 9.47 Å². The lowest BCUT2D eigenvalue weighted by Crippen LogP contribution is -2.26. The van der Waals surface area contributed by atoms with Crippen LogP contribution in [0.4, 0.5) is 0 Å². The summed E-state index contributed by atoms with van der Waals surface area (Å²) in [6.45, 7) is 3.33. The Hall–Kier alpha value is -1.27. The predicted octanol–water partition coefficient (Wildman–Crippen LogP) is 1.68. The molecule has 0 unspecified atom stereocenters. The Morgan fingerprint density at radius 2 is 1.95 bits per heavy atom. The van der Waals surface area contributed by atoms with Gasteiger partial charge in [-0.3, -0.25) is 0 Å². The summed E-state index contributed by atoms with van der Waals surface area (Å²) >= 11 is 0. The Kier molecular flexibility index (Phi) is 4.66. The van der Waals surface area contributed by atoms with E-state index in [0.717, 1.165) is 12.0 Å². The van der Waals surface area contributed by atoms with Crippen LogP contribution in [-0.2, 0) is 16.6 Å². The van der Waals surface area contributed by atoms with Crippen molar-refractivity contribution in [3.8, 4) is 11.5 Å². The maximum absolute atomic E-state index is 11.7. The molecule has 1 aromatic carbocycles. The molecular weight excluding hydrogens is 266 g/mol. The fourth-order valence-corrected chi connectivity index (χ4v) is 3.00. The lowest BCUT2D eigenvalue weighted by molar-refractivity contribution is 0.171. The molecule has 106 valence electrons. The first kappa shape index (κ1) is 14.1. The number of hydrogen-bond acceptors (Lipinski definition) is 4. The van der Waals surface area contributed by atoms with E-state index in [2.05, 4.69) is 4.72 Å². The monoisotopic (exact) mass is 285 g/mol. The highest BCUT2D eigenvalue weighted by Crippen LogP contribution is 2.30. The largest absolute Gasteiger partial charge is 0.486 e. The molecule has 0 saturated carbocycles. The molecule has 1 aliphatic rings. The topological polar surface area (TPSA) is 64.6 Å². The first-order valence-corrected chi connectivity index (χ1v) is 8.12. The molecule has 1 aliphatic heterocycles. The first-order chi connectivity index (χ1) is 9.11. The van der Waals surface area contributed by atoms with Gasteiger partial charge in [0.05, 0.1) is 5.75 Å². The standard InChI is InChI=1S/C13H19NO4S/c1-2-3-8-19(15,16)14-10-11-4-5-12-13(9-11)18-7-6-17-12/h4-5,9,14H,2-3,6-8,10H2,1H3. The van der Waals surface area contributed by atoms with E-state index in [-0.39, 0.29) is 12.3 Å². The van der Waals surface area contributed by atoms with E-state index in [9.17, 15) is 8.42 Å². The number of fused-ring (bicyclic) bond motifs is 1. The van der Waals surface area contributed by atoms with Crippen molar-refractivity contribution in [2.24, 2.45) is 0 Å². The minimum Gasteiger partial charge on any atom is -0.486 e. The van der Waals surface area contributed by atoms with Gasteiger partial charge in [0, 0.05) is 6.54 Å². The molecule has 1 heterocycles. The van der Waals surface area contributed by atoms with Crippen LogP contribution in [0, 0.1) is 0 Å². The van der Waals surface area contributed by atoms with Crippen molar-refractivity contribution in [1.82, 2.24) is 4.72 Å². The summed E-state index contributed by atoms with van der Waals surface area (Å²) in [4.78, 5) is 0. The Balaban J connectivity index is 1.96. The second-order valence-corrected chi connectivity index (χ2v) is 6.40. The van der Waals surface area contributed by atoms with Crippen molar-refractivity contribution >= 4 is 10.0 Å². The molecular formula is C13H19NO4S. The Bertz CT molecular complexity index is 527. The fourth-order valence-electron chi connectivity index (χ4n) is 1.80. The van der Waals surface area contributed by atoms with Gasteiger partial charge < -0.3 is 9.47 Å². The number of nitrogens with one attached hydrogen (secondary N) is 1. The lowest BCUT2D eigenvalue weighted by Gasteiger charge is -2.19. The van der Waals surface area contributed by atoms with Gasteiger partial charge in [-0.05, 0) is 24.1 Å². The molecule has 0 fully saturated rings. The molecule has 0 aliphatic carbocycles. The SMILES string of the molecule is CCCCS(=O)(=O)NCc1ccc2c(c1)OCCO2. The molecule has 1 N–H and O–H groups in total. The molecule has 6 heteroatoms. The van der Waals surface area contributed by atoms with Gasteiger partial charge in [-0.2, -0.15) is 0 Å². The van der Waals surface area contributed by atoms with Crippen LogP contribution in [0.5, 0.6) is 11.5 Å². The molecule has 19 heavy (non-hydrogen) atoms. The summed E-state index contributed by atoms with van der Waals surface area (Å²) in [6, 6.07) is 5.47. The van der Waals surface area contributed by atoms with E-state index >= 15 is 0 Å². The number of benzene rings is 1. The first-order valence-electron chi connectivity index (χ1n) is 6.46. The van der Waals surface area contributed by atoms with E-state index in [1.54, 1.807) is 0 Å². The van der Waals surface area contributed by atoms with Crippen LogP contribution in [-0.4, -0.2) is 27.4 Å². The smallest absolute Gasteiger partial charge is 0.211 e. The van der Waals surface area contributed by atoms with Gasteiger partial charge in [0.1, 0.15) is 13.2 Å². The van der Waals surface area contributed by atoms with Gasteiger partial charge in [-0.15, -0.1) is 0 Å². The molecule has 2 rings (SSSR count). The third-order valence-corrected chi connectivity index (χ3v) is 4.28. The number of rotatable bonds is 6. The maximum atomic E-state index is 11.7. The van der Waals surface area contributed by atoms with E-state index in [1.807, 2.05) is 25.1 Å². The predicted molar refractivity (Wildman–Crippen MR) is 73.0 cm³/mol. The summed E-state index contributed by atoms with van der Waals surface area (Å²) in [5.41, 5.74) is 0.865. The lowest BCUT2D eigenvalue weighted by atomic mass is 10.2. The average molecular weight is 285 g/mol. The average Bonchev–Trinajstić information content (AvgIpc) is 2.43. The van der Waals surface area contributed by atoms with Crippen molar-refractivity contribution in [2.45, 2.75) is 26.3 Å². The van der Waals surface area contributed by atoms with Gasteiger partial charge in [-0.1, -0.05) is 19.4 Å². The molecule has 0 amide bonds. The molecule has 0 spiro atoms. The van der Waals surface area contributed by atoms with Crippen LogP contribution >= 0.6 is 0 Å². The van der Waals surface area contributed by atoms with E-state index in [1.165, 1.54) is 0 Å². The summed E-state index contributed by atoms with van der Waals surface area (Å²) in [5, 5.41) is 0. The van der Waals surface area contributed by atoms with Gasteiger partial charge in [0.15, 0.2) is 11.5 Å². The van der Waals surface area contributed by atoms with E-state index < -0.39 is 10.0 Å². The normalized spacial score (nSPS) is 14.4. The molecule has 0 aromatic heterocycles. The Morgan fingerprint density at radius 1 is 1.21 bits per heavy atom. The van der Waals surface area contributed by atoms with Crippen LogP contribution in [0.3, 0.4) is 0 Å². The highest BCUT2D eigenvalue weighted by molar-refractivity contribution is 7.89. The van der Waals surface area contributed by atoms with Crippen LogP contribution in [0.2, 0.25) is 0 Å². The third kappa shape index (κ3) is 4.11. The molecule has 1 aromatic rings. The number of sulfonamides is 1. The zero-order valence-corrected chi connectivity index (χ0v) is 11.8. The van der Waals surface area contributed by atoms with Crippen molar-refractivity contribution in [1.29, 1.82) is 0 Å². The van der Waals surface area contributed by atoms with Crippen molar-refractivity contribution in [3.05, 3.63) is 23.8 Å². The van der Waals surface area contributed by atoms with Crippen LogP contribution in [0.1, 0.15) is 25.3 Å². The second-order valence-electron chi connectivity index (χ2n) is 4.47. The summed E-state index contributed by atoms with van der Waals surface area (Å²) in [5.74, 6) is 1.56. The van der Waals surface area contributed by atoms with Gasteiger partial charge in [0.25, 0.3) is 0 Å². The van der Waals surface area contributed by atoms with Crippen molar-refractivity contribution in [2.75, 3.05) is 19.0 Å². The summed E-state index contributed by atoms with van der Waals surface area (Å²) in [7, 11) is -3.19. The van der Waals surface area contributed by atoms with Crippen LogP contribution in [0.15, 0.2) is 18.2 Å². The highest BCUT2D eigenvalue weighted by Gasteiger charge is 2.13. The molecule has 5 nitrogen and oxygen atoms in total. The van der Waals surface area contributed by atoms with Crippen molar-refractivity contribution < 1.29 is 17.9 Å². The van der Waals surface area contributed by atoms with E-state index in [0.29, 0.717) is 31.1 Å². The molecule has 0 atom stereocenters. The van der Waals surface area contributed by atoms with Gasteiger partial charge in [-0.25, -0.2) is 13.1 Å². The molecule has 0 radical (unpaired) electrons. The van der Waals surface area contributed by atoms with Crippen LogP contribution in [0.25, 0.3) is 0 Å². The quantitative estimate of drug-likeness (QED) is 0.863. The Labute approximate surface area is 114 Å². The minimum absolute atomic E-state index is 0.175.